The number of benzene rings is 1. The van der Waals surface area contributed by atoms with Crippen molar-refractivity contribution in [1.29, 1.82) is 0 Å². The summed E-state index contributed by atoms with van der Waals surface area (Å²) in [6.45, 7) is 5.71. The third-order valence-corrected chi connectivity index (χ3v) is 7.54. The number of ether oxygens (including phenoxy) is 3. The van der Waals surface area contributed by atoms with Crippen LogP contribution in [-0.4, -0.2) is 43.8 Å². The Balaban J connectivity index is 2.01. The number of aromatic nitrogens is 2. The highest BCUT2D eigenvalue weighted by molar-refractivity contribution is 7.94. The van der Waals surface area contributed by atoms with E-state index in [1.807, 2.05) is 20.8 Å². The third-order valence-electron chi connectivity index (χ3n) is 4.20. The van der Waals surface area contributed by atoms with Crippen LogP contribution in [0.2, 0.25) is 0 Å². The Morgan fingerprint density at radius 3 is 2.44 bits per heavy atom. The molecule has 0 amide bonds. The van der Waals surface area contributed by atoms with Crippen LogP contribution >= 0.6 is 11.3 Å². The first kappa shape index (κ1) is 23.8. The average molecular weight is 480 g/mol. The fraction of sp³-hybridized carbons (Fsp3) is 0.333. The van der Waals surface area contributed by atoms with E-state index in [-0.39, 0.29) is 40.3 Å². The van der Waals surface area contributed by atoms with Crippen LogP contribution in [0, 0.1) is 0 Å². The van der Waals surface area contributed by atoms with Gasteiger partial charge in [-0.2, -0.15) is 4.98 Å². The highest BCUT2D eigenvalue weighted by Crippen LogP contribution is 2.40. The molecular weight excluding hydrogens is 454 g/mol. The van der Waals surface area contributed by atoms with E-state index in [9.17, 15) is 8.42 Å². The van der Waals surface area contributed by atoms with Gasteiger partial charge in [-0.25, -0.2) is 13.4 Å². The van der Waals surface area contributed by atoms with Crippen molar-refractivity contribution in [2.75, 3.05) is 25.0 Å². The van der Waals surface area contributed by atoms with Crippen molar-refractivity contribution in [2.24, 2.45) is 0 Å². The molecule has 0 unspecified atom stereocenters. The summed E-state index contributed by atoms with van der Waals surface area (Å²) in [7, 11) is -2.47. The molecule has 0 bridgehead atoms. The number of methoxy groups -OCH3 is 1. The fourth-order valence-corrected chi connectivity index (χ4v) is 5.00. The second-order valence-corrected chi connectivity index (χ2v) is 10.6. The molecule has 0 aliphatic heterocycles. The summed E-state index contributed by atoms with van der Waals surface area (Å²) in [4.78, 5) is 9.01. The molecule has 3 rings (SSSR count). The van der Waals surface area contributed by atoms with Gasteiger partial charge in [0.15, 0.2) is 17.3 Å². The first-order valence-corrected chi connectivity index (χ1v) is 12.0. The van der Waals surface area contributed by atoms with E-state index < -0.39 is 10.0 Å². The average Bonchev–Trinajstić information content (AvgIpc) is 3.26. The van der Waals surface area contributed by atoms with Gasteiger partial charge in [0.1, 0.15) is 17.1 Å². The van der Waals surface area contributed by atoms with Gasteiger partial charge in [0.05, 0.1) is 13.7 Å². The number of hydrogen-bond acceptors (Lipinski definition) is 9. The third kappa shape index (κ3) is 5.47. The van der Waals surface area contributed by atoms with Crippen LogP contribution in [0.4, 0.5) is 5.82 Å². The molecule has 1 aromatic carbocycles. The molecule has 11 heteroatoms. The molecule has 0 saturated heterocycles. The molecule has 0 fully saturated rings. The van der Waals surface area contributed by atoms with Crippen molar-refractivity contribution in [3.8, 4) is 23.1 Å². The Labute approximate surface area is 191 Å². The Morgan fingerprint density at radius 2 is 1.81 bits per heavy atom. The Hall–Kier alpha value is -2.89. The monoisotopic (exact) mass is 479 g/mol. The maximum Gasteiger partial charge on any atom is 0.272 e. The van der Waals surface area contributed by atoms with Gasteiger partial charge >= 0.3 is 0 Å². The summed E-state index contributed by atoms with van der Waals surface area (Å²) in [6, 6.07) is 10.2. The minimum Gasteiger partial charge on any atom is -0.493 e. The lowest BCUT2D eigenvalue weighted by Crippen LogP contribution is -2.15. The highest BCUT2D eigenvalue weighted by Gasteiger charge is 2.26. The molecule has 0 spiro atoms. The quantitative estimate of drug-likeness (QED) is 0.475. The number of sulfonamides is 1. The van der Waals surface area contributed by atoms with Crippen LogP contribution in [0.15, 0.2) is 46.9 Å². The second kappa shape index (κ2) is 9.72. The molecule has 0 radical (unpaired) electrons. The minimum absolute atomic E-state index is 0.0285. The zero-order valence-electron chi connectivity index (χ0n) is 18.2. The Morgan fingerprint density at radius 1 is 1.09 bits per heavy atom. The smallest absolute Gasteiger partial charge is 0.272 e. The zero-order chi connectivity index (χ0) is 23.4. The van der Waals surface area contributed by atoms with Crippen LogP contribution in [0.25, 0.3) is 0 Å². The summed E-state index contributed by atoms with van der Waals surface area (Å²) in [5.74, 6) is 0.543. The maximum absolute atomic E-state index is 13.1. The molecule has 0 aliphatic carbocycles. The summed E-state index contributed by atoms with van der Waals surface area (Å²) in [6.07, 6.45) is 1.15. The number of aliphatic hydroxyl groups is 1. The highest BCUT2D eigenvalue weighted by atomic mass is 32.2. The molecule has 32 heavy (non-hydrogen) atoms. The summed E-state index contributed by atoms with van der Waals surface area (Å²) in [5.41, 5.74) is -0.184. The molecule has 172 valence electrons. The van der Waals surface area contributed by atoms with Crippen molar-refractivity contribution in [1.82, 2.24) is 9.97 Å². The van der Waals surface area contributed by atoms with Crippen LogP contribution in [-0.2, 0) is 15.4 Å². The Bertz CT molecular complexity index is 1170. The van der Waals surface area contributed by atoms with Gasteiger partial charge in [0, 0.05) is 4.88 Å². The number of aliphatic hydroxyl groups excluding tert-OH is 1. The molecule has 2 aromatic heterocycles. The molecule has 0 aliphatic rings. The van der Waals surface area contributed by atoms with Gasteiger partial charge < -0.3 is 19.3 Å². The van der Waals surface area contributed by atoms with Gasteiger partial charge in [-0.05, 0) is 29.7 Å². The van der Waals surface area contributed by atoms with Crippen molar-refractivity contribution < 1.29 is 27.7 Å². The fourth-order valence-electron chi connectivity index (χ4n) is 2.63. The molecule has 9 nitrogen and oxygen atoms in total. The first-order chi connectivity index (χ1) is 15.2. The van der Waals surface area contributed by atoms with Crippen molar-refractivity contribution in [2.45, 2.75) is 30.4 Å². The summed E-state index contributed by atoms with van der Waals surface area (Å²) < 4.78 is 45.4. The minimum atomic E-state index is -3.96. The van der Waals surface area contributed by atoms with E-state index in [0.29, 0.717) is 11.5 Å². The zero-order valence-corrected chi connectivity index (χ0v) is 19.8. The van der Waals surface area contributed by atoms with Crippen molar-refractivity contribution in [3.63, 3.8) is 0 Å². The van der Waals surface area contributed by atoms with Gasteiger partial charge in [-0.3, -0.25) is 4.72 Å². The molecule has 0 atom stereocenters. The SMILES string of the molecule is COc1ccccc1Oc1c(NS(=O)(=O)c2ccc(C(C)(C)C)s2)ncnc1OCCO. The topological polar surface area (TPSA) is 120 Å². The summed E-state index contributed by atoms with van der Waals surface area (Å²) in [5, 5.41) is 9.12. The van der Waals surface area contributed by atoms with Crippen LogP contribution in [0.3, 0.4) is 0 Å². The van der Waals surface area contributed by atoms with E-state index in [1.165, 1.54) is 18.4 Å². The number of anilines is 1. The molecule has 2 heterocycles. The molecule has 2 N–H and O–H groups in total. The van der Waals surface area contributed by atoms with E-state index in [4.69, 9.17) is 19.3 Å². The van der Waals surface area contributed by atoms with Crippen LogP contribution < -0.4 is 18.9 Å². The molecular formula is C21H25N3O6S2. The lowest BCUT2D eigenvalue weighted by Gasteiger charge is -2.16. The van der Waals surface area contributed by atoms with E-state index >= 15 is 0 Å². The predicted octanol–water partition coefficient (Wildman–Crippen LogP) is 3.81. The van der Waals surface area contributed by atoms with Gasteiger partial charge in [-0.15, -0.1) is 11.3 Å². The van der Waals surface area contributed by atoms with Crippen molar-refractivity contribution in [3.05, 3.63) is 47.6 Å². The first-order valence-electron chi connectivity index (χ1n) is 9.68. The lowest BCUT2D eigenvalue weighted by atomic mass is 9.95. The number of para-hydroxylation sites is 2. The molecule has 0 saturated carbocycles. The van der Waals surface area contributed by atoms with Crippen LogP contribution in [0.5, 0.6) is 23.1 Å². The number of hydrogen-bond donors (Lipinski definition) is 2. The normalized spacial score (nSPS) is 11.8. The van der Waals surface area contributed by atoms with Crippen LogP contribution in [0.1, 0.15) is 25.6 Å². The number of rotatable bonds is 9. The van der Waals surface area contributed by atoms with Gasteiger partial charge in [0.25, 0.3) is 15.9 Å². The number of nitrogens with zero attached hydrogens (tertiary/aromatic N) is 2. The van der Waals surface area contributed by atoms with E-state index in [1.54, 1.807) is 36.4 Å². The second-order valence-electron chi connectivity index (χ2n) is 7.66. The standard InChI is InChI=1S/C21H25N3O6S2/c1-21(2,3)16-9-10-17(31-16)32(26,27)24-19-18(20(23-13-22-19)29-12-11-25)30-15-8-6-5-7-14(15)28-4/h5-10,13,25H,11-12H2,1-4H3,(H,22,23,24). The van der Waals surface area contributed by atoms with Crippen molar-refractivity contribution >= 4 is 27.2 Å². The van der Waals surface area contributed by atoms with Gasteiger partial charge in [0.2, 0.25) is 5.75 Å². The largest absolute Gasteiger partial charge is 0.493 e. The number of thiophene rings is 1. The van der Waals surface area contributed by atoms with E-state index in [0.717, 1.165) is 11.2 Å². The lowest BCUT2D eigenvalue weighted by molar-refractivity contribution is 0.192. The van der Waals surface area contributed by atoms with Gasteiger partial charge in [-0.1, -0.05) is 32.9 Å². The number of nitrogens with one attached hydrogen (secondary N) is 1. The Kier molecular flexibility index (Phi) is 7.22. The maximum atomic E-state index is 13.1. The predicted molar refractivity (Wildman–Crippen MR) is 122 cm³/mol. The molecule has 3 aromatic rings. The van der Waals surface area contributed by atoms with E-state index in [2.05, 4.69) is 14.7 Å². The summed E-state index contributed by atoms with van der Waals surface area (Å²) >= 11 is 1.18.